The van der Waals surface area contributed by atoms with E-state index in [-0.39, 0.29) is 18.1 Å². The average molecular weight is 459 g/mol. The Morgan fingerprint density at radius 3 is 2.38 bits per heavy atom. The van der Waals surface area contributed by atoms with Crippen LogP contribution in [0.2, 0.25) is 0 Å². The molecule has 8 nitrogen and oxygen atoms in total. The van der Waals surface area contributed by atoms with E-state index in [0.29, 0.717) is 39.8 Å². The fourth-order valence-electron chi connectivity index (χ4n) is 4.22. The van der Waals surface area contributed by atoms with Gasteiger partial charge in [-0.05, 0) is 29.8 Å². The van der Waals surface area contributed by atoms with Gasteiger partial charge in [0.1, 0.15) is 5.76 Å². The predicted octanol–water partition coefficient (Wildman–Crippen LogP) is 4.06. The summed E-state index contributed by atoms with van der Waals surface area (Å²) in [7, 11) is 3.02. The molecule has 0 aromatic heterocycles. The summed E-state index contributed by atoms with van der Waals surface area (Å²) in [6.45, 7) is 0.0741. The third-order valence-electron chi connectivity index (χ3n) is 5.85. The molecule has 0 radical (unpaired) electrons. The second kappa shape index (κ2) is 8.47. The van der Waals surface area contributed by atoms with E-state index < -0.39 is 17.7 Å². The molecule has 2 heterocycles. The van der Waals surface area contributed by atoms with Gasteiger partial charge in [-0.1, -0.05) is 36.4 Å². The number of aliphatic hydroxyl groups excluding tert-OH is 1. The van der Waals surface area contributed by atoms with Gasteiger partial charge in [-0.3, -0.25) is 14.5 Å². The van der Waals surface area contributed by atoms with Crippen molar-refractivity contribution in [1.82, 2.24) is 0 Å². The van der Waals surface area contributed by atoms with Crippen LogP contribution >= 0.6 is 0 Å². The number of anilines is 1. The van der Waals surface area contributed by atoms with Crippen molar-refractivity contribution in [3.8, 4) is 23.0 Å². The lowest BCUT2D eigenvalue weighted by Gasteiger charge is -2.26. The highest BCUT2D eigenvalue weighted by Gasteiger charge is 2.47. The number of amides is 1. The number of Topliss-reactive ketones (excluding diaryl/α,β-unsaturated/α-hetero) is 1. The fraction of sp³-hybridized carbons (Fsp3) is 0.154. The van der Waals surface area contributed by atoms with Gasteiger partial charge in [-0.2, -0.15) is 0 Å². The van der Waals surface area contributed by atoms with Gasteiger partial charge in [-0.15, -0.1) is 0 Å². The van der Waals surface area contributed by atoms with Crippen LogP contribution in [0.4, 0.5) is 5.69 Å². The van der Waals surface area contributed by atoms with Crippen LogP contribution in [-0.2, 0) is 9.59 Å². The first kappa shape index (κ1) is 21.4. The molecule has 0 aliphatic carbocycles. The van der Waals surface area contributed by atoms with Gasteiger partial charge >= 0.3 is 0 Å². The molecule has 172 valence electrons. The summed E-state index contributed by atoms with van der Waals surface area (Å²) in [5.41, 5.74) is 1.39. The van der Waals surface area contributed by atoms with Crippen LogP contribution in [0, 0.1) is 0 Å². The van der Waals surface area contributed by atoms with Crippen molar-refractivity contribution in [3.63, 3.8) is 0 Å². The van der Waals surface area contributed by atoms with E-state index in [1.807, 2.05) is 0 Å². The Hall–Kier alpha value is -4.46. The molecular formula is C26H21NO7. The lowest BCUT2D eigenvalue weighted by Crippen LogP contribution is -2.29. The second-order valence-electron chi connectivity index (χ2n) is 7.69. The number of benzene rings is 3. The van der Waals surface area contributed by atoms with E-state index in [2.05, 4.69) is 0 Å². The normalized spacial score (nSPS) is 18.3. The molecule has 0 bridgehead atoms. The first-order valence-corrected chi connectivity index (χ1v) is 10.5. The van der Waals surface area contributed by atoms with Crippen molar-refractivity contribution in [2.24, 2.45) is 0 Å². The van der Waals surface area contributed by atoms with E-state index in [1.165, 1.54) is 19.1 Å². The number of hydrogen-bond donors (Lipinski definition) is 1. The van der Waals surface area contributed by atoms with Crippen molar-refractivity contribution in [3.05, 3.63) is 83.4 Å². The van der Waals surface area contributed by atoms with Crippen molar-refractivity contribution < 1.29 is 33.6 Å². The maximum Gasteiger partial charge on any atom is 0.300 e. The Kier molecular flexibility index (Phi) is 5.33. The van der Waals surface area contributed by atoms with Crippen LogP contribution in [0.5, 0.6) is 23.0 Å². The molecule has 8 heteroatoms. The highest BCUT2D eigenvalue weighted by Crippen LogP contribution is 2.46. The Morgan fingerprint density at radius 2 is 1.65 bits per heavy atom. The smallest absolute Gasteiger partial charge is 0.300 e. The number of hydrogen-bond acceptors (Lipinski definition) is 7. The van der Waals surface area contributed by atoms with Crippen LogP contribution < -0.4 is 23.8 Å². The molecule has 2 aliphatic rings. The van der Waals surface area contributed by atoms with Gasteiger partial charge in [0.25, 0.3) is 11.7 Å². The van der Waals surface area contributed by atoms with E-state index in [1.54, 1.807) is 66.7 Å². The summed E-state index contributed by atoms with van der Waals surface area (Å²) in [6, 6.07) is 17.8. The molecule has 5 rings (SSSR count). The van der Waals surface area contributed by atoms with Gasteiger partial charge in [0, 0.05) is 17.3 Å². The zero-order chi connectivity index (χ0) is 23.8. The molecule has 34 heavy (non-hydrogen) atoms. The number of fused-ring (bicyclic) bond motifs is 1. The van der Waals surface area contributed by atoms with E-state index >= 15 is 0 Å². The molecule has 1 amide bonds. The number of rotatable bonds is 5. The SMILES string of the molecule is COc1ccc(C2/C(=C(\O)c3ccccc3)C(=O)C(=O)N2c2ccc3c(c2)OCO3)cc1OC. The summed E-state index contributed by atoms with van der Waals surface area (Å²) in [6.07, 6.45) is 0. The summed E-state index contributed by atoms with van der Waals surface area (Å²) in [5.74, 6) is 0.114. The van der Waals surface area contributed by atoms with Crippen LogP contribution in [0.1, 0.15) is 17.2 Å². The summed E-state index contributed by atoms with van der Waals surface area (Å²) >= 11 is 0. The lowest BCUT2D eigenvalue weighted by molar-refractivity contribution is -0.132. The second-order valence-corrected chi connectivity index (χ2v) is 7.69. The van der Waals surface area contributed by atoms with Gasteiger partial charge in [-0.25, -0.2) is 0 Å². The molecule has 3 aromatic carbocycles. The zero-order valence-corrected chi connectivity index (χ0v) is 18.5. The summed E-state index contributed by atoms with van der Waals surface area (Å²) in [5, 5.41) is 11.2. The Bertz CT molecular complexity index is 1320. The molecule has 1 fully saturated rings. The standard InChI is InChI=1S/C26H21NO7/c1-31-18-10-8-16(12-20(18)32-2)23-22(24(28)15-6-4-3-5-7-15)25(29)26(30)27(23)17-9-11-19-21(13-17)34-14-33-19/h3-13,23,28H,14H2,1-2H3/b24-22+. The highest BCUT2D eigenvalue weighted by atomic mass is 16.7. The van der Waals surface area contributed by atoms with Crippen LogP contribution in [0.15, 0.2) is 72.3 Å². The maximum atomic E-state index is 13.3. The number of aliphatic hydroxyl groups is 1. The topological polar surface area (TPSA) is 94.5 Å². The van der Waals surface area contributed by atoms with Gasteiger partial charge in [0.15, 0.2) is 23.0 Å². The van der Waals surface area contributed by atoms with Crippen molar-refractivity contribution in [1.29, 1.82) is 0 Å². The number of ketones is 1. The molecule has 1 N–H and O–H groups in total. The zero-order valence-electron chi connectivity index (χ0n) is 18.5. The Morgan fingerprint density at radius 1 is 0.912 bits per heavy atom. The molecule has 1 atom stereocenters. The Balaban J connectivity index is 1.72. The number of carbonyl (C=O) groups excluding carboxylic acids is 2. The number of nitrogens with zero attached hydrogens (tertiary/aromatic N) is 1. The molecule has 3 aromatic rings. The van der Waals surface area contributed by atoms with Gasteiger partial charge in [0.05, 0.1) is 25.8 Å². The van der Waals surface area contributed by atoms with Gasteiger partial charge in [0.2, 0.25) is 6.79 Å². The van der Waals surface area contributed by atoms with E-state index in [9.17, 15) is 14.7 Å². The van der Waals surface area contributed by atoms with Crippen molar-refractivity contribution in [2.45, 2.75) is 6.04 Å². The fourth-order valence-corrected chi connectivity index (χ4v) is 4.22. The minimum Gasteiger partial charge on any atom is -0.507 e. The molecule has 0 spiro atoms. The number of methoxy groups -OCH3 is 2. The minimum absolute atomic E-state index is 0.0268. The number of carbonyl (C=O) groups is 2. The molecule has 1 unspecified atom stereocenters. The van der Waals surface area contributed by atoms with E-state index in [4.69, 9.17) is 18.9 Å². The van der Waals surface area contributed by atoms with E-state index in [0.717, 1.165) is 0 Å². The maximum absolute atomic E-state index is 13.3. The van der Waals surface area contributed by atoms with Crippen molar-refractivity contribution in [2.75, 3.05) is 25.9 Å². The lowest BCUT2D eigenvalue weighted by atomic mass is 9.94. The third kappa shape index (κ3) is 3.40. The monoisotopic (exact) mass is 459 g/mol. The first-order chi connectivity index (χ1) is 16.5. The molecule has 2 aliphatic heterocycles. The quantitative estimate of drug-likeness (QED) is 0.349. The average Bonchev–Trinajstić information content (AvgIpc) is 3.45. The molecule has 0 saturated carbocycles. The Labute approximate surface area is 195 Å². The van der Waals surface area contributed by atoms with Crippen LogP contribution in [0.25, 0.3) is 5.76 Å². The third-order valence-corrected chi connectivity index (χ3v) is 5.85. The largest absolute Gasteiger partial charge is 0.507 e. The first-order valence-electron chi connectivity index (χ1n) is 10.5. The summed E-state index contributed by atoms with van der Waals surface area (Å²) in [4.78, 5) is 27.9. The van der Waals surface area contributed by atoms with Crippen LogP contribution in [0.3, 0.4) is 0 Å². The predicted molar refractivity (Wildman–Crippen MR) is 123 cm³/mol. The van der Waals surface area contributed by atoms with Crippen molar-refractivity contribution >= 4 is 23.1 Å². The molecular weight excluding hydrogens is 438 g/mol. The number of ether oxygens (including phenoxy) is 4. The van der Waals surface area contributed by atoms with Crippen LogP contribution in [-0.4, -0.2) is 37.8 Å². The summed E-state index contributed by atoms with van der Waals surface area (Å²) < 4.78 is 21.6. The minimum atomic E-state index is -0.916. The van der Waals surface area contributed by atoms with Gasteiger partial charge < -0.3 is 24.1 Å². The molecule has 1 saturated heterocycles. The highest BCUT2D eigenvalue weighted by molar-refractivity contribution is 6.51.